The second-order valence-corrected chi connectivity index (χ2v) is 7.56. The number of hydrogen-bond acceptors (Lipinski definition) is 6. The molecule has 3 rings (SSSR count). The van der Waals surface area contributed by atoms with Crippen LogP contribution in [-0.2, 0) is 4.74 Å². The van der Waals surface area contributed by atoms with E-state index in [-0.39, 0.29) is 36.1 Å². The summed E-state index contributed by atoms with van der Waals surface area (Å²) in [5.74, 6) is 0.857. The Morgan fingerprint density at radius 3 is 2.57 bits per heavy atom. The van der Waals surface area contributed by atoms with Gasteiger partial charge in [-0.1, -0.05) is 0 Å². The van der Waals surface area contributed by atoms with Gasteiger partial charge in [0, 0.05) is 57.0 Å². The predicted molar refractivity (Wildman–Crippen MR) is 117 cm³/mol. The molecule has 7 nitrogen and oxygen atoms in total. The lowest BCUT2D eigenvalue weighted by Gasteiger charge is -2.37. The van der Waals surface area contributed by atoms with E-state index in [1.807, 2.05) is 6.07 Å². The molecule has 0 aliphatic carbocycles. The van der Waals surface area contributed by atoms with Gasteiger partial charge in [0.2, 0.25) is 0 Å². The van der Waals surface area contributed by atoms with Crippen molar-refractivity contribution in [2.45, 2.75) is 12.8 Å². The SMILES string of the molecule is COCC1(CNC(=O)c2ccnc(N3CCN(C)CC3)c2)CCNCC1.Cl.Cl. The van der Waals surface area contributed by atoms with Gasteiger partial charge in [-0.25, -0.2) is 4.98 Å². The molecule has 2 aliphatic heterocycles. The van der Waals surface area contributed by atoms with Gasteiger partial charge in [-0.3, -0.25) is 4.79 Å². The molecule has 0 saturated carbocycles. The van der Waals surface area contributed by atoms with Gasteiger partial charge >= 0.3 is 0 Å². The van der Waals surface area contributed by atoms with Crippen LogP contribution in [0, 0.1) is 5.41 Å². The molecular weight excluding hydrogens is 401 g/mol. The fourth-order valence-electron chi connectivity index (χ4n) is 3.77. The number of piperidine rings is 1. The molecule has 2 N–H and O–H groups in total. The van der Waals surface area contributed by atoms with Crippen molar-refractivity contribution in [2.24, 2.45) is 5.41 Å². The summed E-state index contributed by atoms with van der Waals surface area (Å²) in [6.07, 6.45) is 3.77. The van der Waals surface area contributed by atoms with Crippen molar-refractivity contribution < 1.29 is 9.53 Å². The minimum absolute atomic E-state index is 0. The zero-order chi connectivity index (χ0) is 18.4. The van der Waals surface area contributed by atoms with Crippen LogP contribution in [0.3, 0.4) is 0 Å². The Morgan fingerprint density at radius 2 is 1.93 bits per heavy atom. The van der Waals surface area contributed by atoms with Gasteiger partial charge in [0.15, 0.2) is 0 Å². The van der Waals surface area contributed by atoms with Gasteiger partial charge in [-0.15, -0.1) is 24.8 Å². The second kappa shape index (κ2) is 11.8. The van der Waals surface area contributed by atoms with Crippen molar-refractivity contribution in [3.63, 3.8) is 0 Å². The molecule has 2 fully saturated rings. The summed E-state index contributed by atoms with van der Waals surface area (Å²) in [6.45, 7) is 7.20. The van der Waals surface area contributed by atoms with Gasteiger partial charge in [0.1, 0.15) is 5.82 Å². The number of aromatic nitrogens is 1. The Bertz CT molecular complexity index is 600. The minimum atomic E-state index is -0.0308. The van der Waals surface area contributed by atoms with Crippen LogP contribution in [0.5, 0.6) is 0 Å². The van der Waals surface area contributed by atoms with E-state index in [1.165, 1.54) is 0 Å². The van der Waals surface area contributed by atoms with Crippen LogP contribution in [0.4, 0.5) is 5.82 Å². The number of carbonyl (C=O) groups excluding carboxylic acids is 1. The number of likely N-dealkylation sites (N-methyl/N-ethyl adjacent to an activating group) is 1. The first-order valence-electron chi connectivity index (χ1n) is 9.49. The Hall–Kier alpha value is -1.12. The fraction of sp³-hybridized carbons (Fsp3) is 0.684. The third-order valence-corrected chi connectivity index (χ3v) is 5.57. The Labute approximate surface area is 180 Å². The van der Waals surface area contributed by atoms with Gasteiger partial charge < -0.3 is 25.2 Å². The predicted octanol–water partition coefficient (Wildman–Crippen LogP) is 1.42. The molecule has 0 bridgehead atoms. The Balaban J connectivity index is 0.00000196. The number of hydrogen-bond donors (Lipinski definition) is 2. The van der Waals surface area contributed by atoms with E-state index in [1.54, 1.807) is 19.4 Å². The number of amides is 1. The number of methoxy groups -OCH3 is 1. The summed E-state index contributed by atoms with van der Waals surface area (Å²) in [7, 11) is 3.86. The van der Waals surface area contributed by atoms with E-state index in [0.29, 0.717) is 18.7 Å². The molecule has 3 heterocycles. The van der Waals surface area contributed by atoms with Gasteiger partial charge in [0.25, 0.3) is 5.91 Å². The maximum absolute atomic E-state index is 12.7. The average Bonchev–Trinajstić information content (AvgIpc) is 2.68. The van der Waals surface area contributed by atoms with E-state index >= 15 is 0 Å². The van der Waals surface area contributed by atoms with Gasteiger partial charge in [-0.2, -0.15) is 0 Å². The van der Waals surface area contributed by atoms with E-state index in [0.717, 1.165) is 57.9 Å². The lowest BCUT2D eigenvalue weighted by molar-refractivity contribution is 0.0511. The van der Waals surface area contributed by atoms with Crippen molar-refractivity contribution in [3.8, 4) is 0 Å². The first-order valence-corrected chi connectivity index (χ1v) is 9.49. The lowest BCUT2D eigenvalue weighted by Crippen LogP contribution is -2.47. The van der Waals surface area contributed by atoms with Crippen LogP contribution < -0.4 is 15.5 Å². The maximum Gasteiger partial charge on any atom is 0.251 e. The molecule has 0 atom stereocenters. The molecular formula is C19H33Cl2N5O2. The van der Waals surface area contributed by atoms with Crippen LogP contribution in [-0.4, -0.2) is 82.4 Å². The van der Waals surface area contributed by atoms with E-state index in [4.69, 9.17) is 4.74 Å². The summed E-state index contributed by atoms with van der Waals surface area (Å²) in [4.78, 5) is 21.7. The summed E-state index contributed by atoms with van der Waals surface area (Å²) < 4.78 is 5.43. The largest absolute Gasteiger partial charge is 0.384 e. The Morgan fingerprint density at radius 1 is 1.25 bits per heavy atom. The van der Waals surface area contributed by atoms with Crippen LogP contribution in [0.25, 0.3) is 0 Å². The van der Waals surface area contributed by atoms with Crippen molar-refractivity contribution in [1.82, 2.24) is 20.5 Å². The van der Waals surface area contributed by atoms with Crippen LogP contribution in [0.1, 0.15) is 23.2 Å². The lowest BCUT2D eigenvalue weighted by atomic mass is 9.79. The highest BCUT2D eigenvalue weighted by Crippen LogP contribution is 2.28. The third kappa shape index (κ3) is 6.46. The van der Waals surface area contributed by atoms with Crippen molar-refractivity contribution in [2.75, 3.05) is 71.5 Å². The normalized spacial score (nSPS) is 19.3. The standard InChI is InChI=1S/C19H31N5O2.2ClH/c1-23-9-11-24(12-10-23)17-13-16(3-6-21-17)18(25)22-14-19(15-26-2)4-7-20-8-5-19;;/h3,6,13,20H,4-5,7-12,14-15H2,1-2H3,(H,22,25);2*1H. The Kier molecular flexibility index (Phi) is 10.5. The van der Waals surface area contributed by atoms with Crippen molar-refractivity contribution in [3.05, 3.63) is 23.9 Å². The maximum atomic E-state index is 12.7. The van der Waals surface area contributed by atoms with Gasteiger partial charge in [-0.05, 0) is 45.1 Å². The van der Waals surface area contributed by atoms with Gasteiger partial charge in [0.05, 0.1) is 6.61 Å². The first-order chi connectivity index (χ1) is 12.6. The summed E-state index contributed by atoms with van der Waals surface area (Å²) in [5, 5.41) is 6.51. The topological polar surface area (TPSA) is 69.7 Å². The smallest absolute Gasteiger partial charge is 0.251 e. The van der Waals surface area contributed by atoms with Crippen LogP contribution in [0.2, 0.25) is 0 Å². The minimum Gasteiger partial charge on any atom is -0.384 e. The van der Waals surface area contributed by atoms with E-state index in [2.05, 4.69) is 32.5 Å². The van der Waals surface area contributed by atoms with E-state index < -0.39 is 0 Å². The molecule has 1 aromatic rings. The van der Waals surface area contributed by atoms with E-state index in [9.17, 15) is 4.79 Å². The molecule has 0 spiro atoms. The molecule has 2 saturated heterocycles. The number of carbonyl (C=O) groups is 1. The zero-order valence-electron chi connectivity index (χ0n) is 16.8. The third-order valence-electron chi connectivity index (χ3n) is 5.57. The molecule has 1 amide bonds. The highest BCUT2D eigenvalue weighted by Gasteiger charge is 2.32. The van der Waals surface area contributed by atoms with Crippen molar-refractivity contribution >= 4 is 36.5 Å². The number of pyridine rings is 1. The number of nitrogens with zero attached hydrogens (tertiary/aromatic N) is 3. The monoisotopic (exact) mass is 433 g/mol. The number of nitrogens with one attached hydrogen (secondary N) is 2. The number of ether oxygens (including phenoxy) is 1. The number of rotatable bonds is 6. The average molecular weight is 434 g/mol. The zero-order valence-corrected chi connectivity index (χ0v) is 18.4. The van der Waals surface area contributed by atoms with Crippen LogP contribution >= 0.6 is 24.8 Å². The van der Waals surface area contributed by atoms with Crippen LogP contribution in [0.15, 0.2) is 18.3 Å². The van der Waals surface area contributed by atoms with Crippen molar-refractivity contribution in [1.29, 1.82) is 0 Å². The number of halogens is 2. The summed E-state index contributed by atoms with van der Waals surface area (Å²) in [6, 6.07) is 3.70. The molecule has 9 heteroatoms. The molecule has 160 valence electrons. The first kappa shape index (κ1) is 24.9. The summed E-state index contributed by atoms with van der Waals surface area (Å²) >= 11 is 0. The molecule has 0 aromatic carbocycles. The second-order valence-electron chi connectivity index (χ2n) is 7.56. The summed E-state index contributed by atoms with van der Waals surface area (Å²) in [5.41, 5.74) is 0.707. The highest BCUT2D eigenvalue weighted by atomic mass is 35.5. The molecule has 2 aliphatic rings. The molecule has 28 heavy (non-hydrogen) atoms. The quantitative estimate of drug-likeness (QED) is 0.706. The molecule has 0 radical (unpaired) electrons. The molecule has 0 unspecified atom stereocenters. The highest BCUT2D eigenvalue weighted by molar-refractivity contribution is 5.94. The fourth-order valence-corrected chi connectivity index (χ4v) is 3.77. The number of anilines is 1. The molecule has 1 aromatic heterocycles. The number of piperazine rings is 1.